The Morgan fingerprint density at radius 3 is 2.71 bits per heavy atom. The van der Waals surface area contributed by atoms with Gasteiger partial charge in [-0.1, -0.05) is 43.2 Å². The standard InChI is InChI=1S/C24H29N3O3S/c1-3-26(18-10-5-4-6-11-18)22(28)17(2)31-24-25-21-14-8-7-13-20(21)23(29)27(24)16-19-12-9-15-30-19/h7-9,12-15,17-18H,3-6,10-11,16H2,1-2H3. The molecule has 1 saturated carbocycles. The summed E-state index contributed by atoms with van der Waals surface area (Å²) in [5.41, 5.74) is 0.522. The Bertz CT molecular complexity index is 1090. The quantitative estimate of drug-likeness (QED) is 0.394. The molecule has 0 N–H and O–H groups in total. The molecule has 1 fully saturated rings. The predicted octanol–water partition coefficient (Wildman–Crippen LogP) is 4.70. The number of carbonyl (C=O) groups excluding carboxylic acids is 1. The number of rotatable bonds is 7. The summed E-state index contributed by atoms with van der Waals surface area (Å²) in [5.74, 6) is 0.795. The first-order chi connectivity index (χ1) is 15.1. The monoisotopic (exact) mass is 439 g/mol. The summed E-state index contributed by atoms with van der Waals surface area (Å²) in [6.45, 7) is 4.95. The summed E-state index contributed by atoms with van der Waals surface area (Å²) in [4.78, 5) is 33.3. The molecule has 3 aromatic rings. The fraction of sp³-hybridized carbons (Fsp3) is 0.458. The second-order valence-electron chi connectivity index (χ2n) is 8.06. The molecule has 6 nitrogen and oxygen atoms in total. The summed E-state index contributed by atoms with van der Waals surface area (Å²) in [6, 6.07) is 11.3. The van der Waals surface area contributed by atoms with Crippen molar-refractivity contribution in [1.82, 2.24) is 14.5 Å². The Kier molecular flexibility index (Phi) is 6.80. The fourth-order valence-electron chi connectivity index (χ4n) is 4.36. The molecule has 1 aliphatic rings. The molecule has 1 aliphatic carbocycles. The number of benzene rings is 1. The molecule has 1 unspecified atom stereocenters. The smallest absolute Gasteiger partial charge is 0.262 e. The minimum absolute atomic E-state index is 0.117. The molecule has 0 spiro atoms. The number of hydrogen-bond donors (Lipinski definition) is 0. The maximum atomic E-state index is 13.3. The Morgan fingerprint density at radius 1 is 1.23 bits per heavy atom. The minimum atomic E-state index is -0.335. The molecule has 0 saturated heterocycles. The van der Waals surface area contributed by atoms with E-state index < -0.39 is 0 Å². The summed E-state index contributed by atoms with van der Waals surface area (Å²) in [6.07, 6.45) is 7.38. The van der Waals surface area contributed by atoms with Gasteiger partial charge in [0.25, 0.3) is 5.56 Å². The van der Waals surface area contributed by atoms with Crippen molar-refractivity contribution in [3.63, 3.8) is 0 Å². The first-order valence-corrected chi connectivity index (χ1v) is 12.0. The van der Waals surface area contributed by atoms with Gasteiger partial charge in [-0.15, -0.1) is 0 Å². The van der Waals surface area contributed by atoms with E-state index in [9.17, 15) is 9.59 Å². The normalized spacial score (nSPS) is 15.8. The van der Waals surface area contributed by atoms with Crippen molar-refractivity contribution in [1.29, 1.82) is 0 Å². The number of carbonyl (C=O) groups is 1. The van der Waals surface area contributed by atoms with E-state index in [0.717, 1.165) is 12.8 Å². The van der Waals surface area contributed by atoms with Crippen LogP contribution in [0.4, 0.5) is 0 Å². The van der Waals surface area contributed by atoms with Crippen LogP contribution in [0.2, 0.25) is 0 Å². The van der Waals surface area contributed by atoms with Crippen LogP contribution < -0.4 is 5.56 Å². The van der Waals surface area contributed by atoms with Crippen molar-refractivity contribution in [2.75, 3.05) is 6.54 Å². The molecule has 1 aromatic carbocycles. The third-order valence-electron chi connectivity index (χ3n) is 5.99. The maximum absolute atomic E-state index is 13.3. The Labute approximate surface area is 186 Å². The van der Waals surface area contributed by atoms with E-state index in [0.29, 0.717) is 34.4 Å². The lowest BCUT2D eigenvalue weighted by Gasteiger charge is -2.35. The average Bonchev–Trinajstić information content (AvgIpc) is 3.31. The van der Waals surface area contributed by atoms with Crippen LogP contribution in [0.1, 0.15) is 51.7 Å². The number of hydrogen-bond acceptors (Lipinski definition) is 5. The largest absolute Gasteiger partial charge is 0.467 e. The van der Waals surface area contributed by atoms with Gasteiger partial charge in [-0.2, -0.15) is 0 Å². The number of fused-ring (bicyclic) bond motifs is 1. The van der Waals surface area contributed by atoms with E-state index in [4.69, 9.17) is 9.40 Å². The zero-order chi connectivity index (χ0) is 21.8. The summed E-state index contributed by atoms with van der Waals surface area (Å²) < 4.78 is 7.09. The first-order valence-electron chi connectivity index (χ1n) is 11.1. The molecule has 2 heterocycles. The third-order valence-corrected chi connectivity index (χ3v) is 7.07. The molecule has 7 heteroatoms. The van der Waals surface area contributed by atoms with Crippen LogP contribution in [-0.2, 0) is 11.3 Å². The number of para-hydroxylation sites is 1. The van der Waals surface area contributed by atoms with Gasteiger partial charge >= 0.3 is 0 Å². The van der Waals surface area contributed by atoms with Crippen LogP contribution in [0.15, 0.2) is 57.0 Å². The lowest BCUT2D eigenvalue weighted by molar-refractivity contribution is -0.133. The molecule has 1 atom stereocenters. The Balaban J connectivity index is 1.64. The van der Waals surface area contributed by atoms with Crippen LogP contribution >= 0.6 is 11.8 Å². The second kappa shape index (κ2) is 9.73. The highest BCUT2D eigenvalue weighted by atomic mass is 32.2. The van der Waals surface area contributed by atoms with Gasteiger partial charge in [0.15, 0.2) is 5.16 Å². The SMILES string of the molecule is CCN(C(=O)C(C)Sc1nc2ccccc2c(=O)n1Cc1ccco1)C1CCCCC1. The molecule has 1 amide bonds. The topological polar surface area (TPSA) is 68.3 Å². The van der Waals surface area contributed by atoms with Gasteiger partial charge in [0.1, 0.15) is 5.76 Å². The van der Waals surface area contributed by atoms with Gasteiger partial charge in [-0.25, -0.2) is 4.98 Å². The highest BCUT2D eigenvalue weighted by Crippen LogP contribution is 2.28. The molecule has 4 rings (SSSR count). The number of aromatic nitrogens is 2. The Hall–Kier alpha value is -2.54. The van der Waals surface area contributed by atoms with Crippen molar-refractivity contribution < 1.29 is 9.21 Å². The van der Waals surface area contributed by atoms with E-state index in [1.165, 1.54) is 31.0 Å². The van der Waals surface area contributed by atoms with Crippen LogP contribution in [-0.4, -0.2) is 38.2 Å². The van der Waals surface area contributed by atoms with Crippen molar-refractivity contribution >= 4 is 28.6 Å². The summed E-state index contributed by atoms with van der Waals surface area (Å²) in [5, 5.41) is 0.771. The van der Waals surface area contributed by atoms with E-state index in [1.54, 1.807) is 23.0 Å². The molecular formula is C24H29N3O3S. The van der Waals surface area contributed by atoms with Crippen molar-refractivity contribution in [3.05, 3.63) is 58.8 Å². The summed E-state index contributed by atoms with van der Waals surface area (Å²) in [7, 11) is 0. The molecule has 0 aliphatic heterocycles. The van der Waals surface area contributed by atoms with Crippen molar-refractivity contribution in [3.8, 4) is 0 Å². The zero-order valence-corrected chi connectivity index (χ0v) is 18.9. The van der Waals surface area contributed by atoms with E-state index in [1.807, 2.05) is 43.0 Å². The number of nitrogens with zero attached hydrogens (tertiary/aromatic N) is 3. The van der Waals surface area contributed by atoms with Gasteiger partial charge in [0.2, 0.25) is 5.91 Å². The number of furan rings is 1. The van der Waals surface area contributed by atoms with Gasteiger partial charge in [0, 0.05) is 12.6 Å². The van der Waals surface area contributed by atoms with E-state index >= 15 is 0 Å². The lowest BCUT2D eigenvalue weighted by atomic mass is 9.94. The van der Waals surface area contributed by atoms with Crippen LogP contribution in [0.25, 0.3) is 10.9 Å². The van der Waals surface area contributed by atoms with Crippen molar-refractivity contribution in [2.45, 2.75) is 68.9 Å². The third kappa shape index (κ3) is 4.71. The molecule has 2 aromatic heterocycles. The minimum Gasteiger partial charge on any atom is -0.467 e. The van der Waals surface area contributed by atoms with Gasteiger partial charge in [-0.3, -0.25) is 14.2 Å². The number of thioether (sulfide) groups is 1. The predicted molar refractivity (Wildman–Crippen MR) is 123 cm³/mol. The number of amides is 1. The molecule has 0 radical (unpaired) electrons. The molecular weight excluding hydrogens is 410 g/mol. The maximum Gasteiger partial charge on any atom is 0.262 e. The van der Waals surface area contributed by atoms with E-state index in [-0.39, 0.29) is 23.3 Å². The molecule has 31 heavy (non-hydrogen) atoms. The Morgan fingerprint density at radius 2 is 2.00 bits per heavy atom. The lowest BCUT2D eigenvalue weighted by Crippen LogP contribution is -2.44. The van der Waals surface area contributed by atoms with Crippen molar-refractivity contribution in [2.24, 2.45) is 0 Å². The molecule has 164 valence electrons. The zero-order valence-electron chi connectivity index (χ0n) is 18.1. The second-order valence-corrected chi connectivity index (χ2v) is 9.37. The highest BCUT2D eigenvalue weighted by Gasteiger charge is 2.29. The van der Waals surface area contributed by atoms with Crippen LogP contribution in [0.5, 0.6) is 0 Å². The molecule has 0 bridgehead atoms. The van der Waals surface area contributed by atoms with Crippen LogP contribution in [0.3, 0.4) is 0 Å². The average molecular weight is 440 g/mol. The summed E-state index contributed by atoms with van der Waals surface area (Å²) >= 11 is 1.36. The van der Waals surface area contributed by atoms with Crippen LogP contribution in [0, 0.1) is 0 Å². The fourth-order valence-corrected chi connectivity index (χ4v) is 5.34. The highest BCUT2D eigenvalue weighted by molar-refractivity contribution is 8.00. The van der Waals surface area contributed by atoms with Gasteiger partial charge in [-0.05, 0) is 51.0 Å². The first kappa shape index (κ1) is 21.7. The van der Waals surface area contributed by atoms with Gasteiger partial charge in [0.05, 0.1) is 29.0 Å². The van der Waals surface area contributed by atoms with Gasteiger partial charge < -0.3 is 9.32 Å². The van der Waals surface area contributed by atoms with E-state index in [2.05, 4.69) is 0 Å².